The second kappa shape index (κ2) is 13.6. The highest BCUT2D eigenvalue weighted by molar-refractivity contribution is 5.97. The van der Waals surface area contributed by atoms with Crippen molar-refractivity contribution >= 4 is 41.6 Å². The maximum absolute atomic E-state index is 12.5. The van der Waals surface area contributed by atoms with E-state index in [-0.39, 0.29) is 0 Å². The third-order valence-corrected chi connectivity index (χ3v) is 4.11. The molecule has 3 amide bonds. The lowest BCUT2D eigenvalue weighted by Gasteiger charge is -2.24. The first kappa shape index (κ1) is 29.2. The summed E-state index contributed by atoms with van der Waals surface area (Å²) in [7, 11) is 0. The van der Waals surface area contributed by atoms with E-state index in [9.17, 15) is 38.7 Å². The molecule has 10 N–H and O–H groups in total. The number of carboxylic acids is 4. The Kier molecular flexibility index (Phi) is 12.0. The van der Waals surface area contributed by atoms with E-state index in [0.717, 1.165) is 6.92 Å². The number of rotatable bonds is 15. The number of carboxylic acid groups (broad SMARTS) is 4. The molecule has 0 bridgehead atoms. The number of amides is 3. The number of hydrogen-bond donors (Lipinski definition) is 9. The molecule has 5 unspecified atom stereocenters. The summed E-state index contributed by atoms with van der Waals surface area (Å²) in [5.74, 6) is -9.83. The van der Waals surface area contributed by atoms with E-state index in [1.54, 1.807) is 0 Å². The second-order valence-corrected chi connectivity index (χ2v) is 6.92. The second-order valence-electron chi connectivity index (χ2n) is 6.92. The molecule has 0 radical (unpaired) electrons. The molecule has 0 spiro atoms. The molecule has 0 heterocycles. The first-order chi connectivity index (χ1) is 15.1. The fourth-order valence-corrected chi connectivity index (χ4v) is 2.32. The van der Waals surface area contributed by atoms with Gasteiger partial charge in [-0.15, -0.1) is 0 Å². The first-order valence-corrected chi connectivity index (χ1v) is 9.38. The predicted molar refractivity (Wildman–Crippen MR) is 104 cm³/mol. The molecule has 0 rings (SSSR count). The van der Waals surface area contributed by atoms with Gasteiger partial charge in [0.15, 0.2) is 0 Å². The van der Waals surface area contributed by atoms with Crippen LogP contribution in [0.5, 0.6) is 0 Å². The summed E-state index contributed by atoms with van der Waals surface area (Å²) in [6, 6.07) is -6.98. The van der Waals surface area contributed by atoms with E-state index in [0.29, 0.717) is 0 Å². The Balaban J connectivity index is 5.56. The number of aliphatic carboxylic acids is 4. The zero-order valence-electron chi connectivity index (χ0n) is 17.4. The van der Waals surface area contributed by atoms with Gasteiger partial charge >= 0.3 is 23.9 Å². The van der Waals surface area contributed by atoms with E-state index >= 15 is 0 Å². The van der Waals surface area contributed by atoms with Crippen molar-refractivity contribution in [3.8, 4) is 0 Å². The topological polar surface area (TPSA) is 283 Å². The Bertz CT molecular complexity index is 784. The van der Waals surface area contributed by atoms with Crippen molar-refractivity contribution in [2.75, 3.05) is 0 Å². The summed E-state index contributed by atoms with van der Waals surface area (Å²) in [4.78, 5) is 80.8. The van der Waals surface area contributed by atoms with Crippen molar-refractivity contribution < 1.29 is 59.1 Å². The van der Waals surface area contributed by atoms with Gasteiger partial charge in [0.05, 0.1) is 18.9 Å². The Labute approximate surface area is 186 Å². The van der Waals surface area contributed by atoms with Crippen molar-refractivity contribution in [1.82, 2.24) is 16.0 Å². The smallest absolute Gasteiger partial charge is 0.326 e. The fourth-order valence-electron chi connectivity index (χ4n) is 2.32. The van der Waals surface area contributed by atoms with Crippen LogP contribution in [0.1, 0.15) is 32.6 Å². The Morgan fingerprint density at radius 1 is 0.697 bits per heavy atom. The van der Waals surface area contributed by atoms with Gasteiger partial charge in [-0.3, -0.25) is 28.8 Å². The van der Waals surface area contributed by atoms with Gasteiger partial charge in [-0.1, -0.05) is 0 Å². The van der Waals surface area contributed by atoms with Gasteiger partial charge < -0.3 is 47.2 Å². The number of carbonyl (C=O) groups is 7. The van der Waals surface area contributed by atoms with Crippen LogP contribution < -0.4 is 21.7 Å². The molecule has 33 heavy (non-hydrogen) atoms. The number of aliphatic hydroxyl groups is 1. The van der Waals surface area contributed by atoms with Crippen LogP contribution in [0.2, 0.25) is 0 Å². The molecule has 0 saturated heterocycles. The Hall–Kier alpha value is -3.79. The highest BCUT2D eigenvalue weighted by Gasteiger charge is 2.33. The number of nitrogens with one attached hydrogen (secondary N) is 3. The van der Waals surface area contributed by atoms with Crippen molar-refractivity contribution in [3.05, 3.63) is 0 Å². The lowest BCUT2D eigenvalue weighted by molar-refractivity contribution is -0.145. The van der Waals surface area contributed by atoms with Gasteiger partial charge in [-0.05, 0) is 13.3 Å². The maximum Gasteiger partial charge on any atom is 0.326 e. The molecule has 0 aromatic rings. The summed E-state index contributed by atoms with van der Waals surface area (Å²) in [6.07, 6.45) is -4.59. The lowest BCUT2D eigenvalue weighted by atomic mass is 10.1. The summed E-state index contributed by atoms with van der Waals surface area (Å²) in [5.41, 5.74) is 5.41. The standard InChI is InChI=1S/C17H26N4O12/c1-6(22)13(18)16(31)21-9(5-12(27)28)15(30)20-8(4-11(25)26)14(29)19-7(17(32)33)2-3-10(23)24/h6-9,13,22H,2-5,18H2,1H3,(H,19,29)(H,20,30)(H,21,31)(H,23,24)(H,25,26)(H,27,28)(H,32,33). The molecule has 0 fully saturated rings. The molecule has 186 valence electrons. The highest BCUT2D eigenvalue weighted by atomic mass is 16.4. The molecule has 0 aliphatic rings. The van der Waals surface area contributed by atoms with Gasteiger partial charge in [0, 0.05) is 6.42 Å². The lowest BCUT2D eigenvalue weighted by Crippen LogP contribution is -2.58. The molecule has 0 saturated carbocycles. The molecule has 0 aromatic heterocycles. The van der Waals surface area contributed by atoms with E-state index in [4.69, 9.17) is 26.2 Å². The quantitative estimate of drug-likeness (QED) is 0.109. The third kappa shape index (κ3) is 11.4. The van der Waals surface area contributed by atoms with Gasteiger partial charge in [-0.2, -0.15) is 0 Å². The molecular formula is C17H26N4O12. The van der Waals surface area contributed by atoms with E-state index in [1.165, 1.54) is 0 Å². The van der Waals surface area contributed by atoms with Crippen molar-refractivity contribution in [3.63, 3.8) is 0 Å². The zero-order chi connectivity index (χ0) is 25.9. The maximum atomic E-state index is 12.5. The van der Waals surface area contributed by atoms with Gasteiger partial charge in [0.1, 0.15) is 24.2 Å². The molecular weight excluding hydrogens is 452 g/mol. The minimum absolute atomic E-state index is 0.543. The fraction of sp³-hybridized carbons (Fsp3) is 0.588. The van der Waals surface area contributed by atoms with E-state index in [1.807, 2.05) is 16.0 Å². The van der Waals surface area contributed by atoms with Crippen LogP contribution in [-0.2, 0) is 33.6 Å². The summed E-state index contributed by atoms with van der Waals surface area (Å²) < 4.78 is 0. The third-order valence-electron chi connectivity index (χ3n) is 4.11. The minimum Gasteiger partial charge on any atom is -0.481 e. The van der Waals surface area contributed by atoms with Crippen molar-refractivity contribution in [1.29, 1.82) is 0 Å². The van der Waals surface area contributed by atoms with Gasteiger partial charge in [0.2, 0.25) is 17.7 Å². The average Bonchev–Trinajstić information content (AvgIpc) is 2.67. The Morgan fingerprint density at radius 3 is 1.42 bits per heavy atom. The molecule has 0 aliphatic carbocycles. The van der Waals surface area contributed by atoms with Crippen LogP contribution in [0, 0.1) is 0 Å². The number of carbonyl (C=O) groups excluding carboxylic acids is 3. The van der Waals surface area contributed by atoms with Crippen LogP contribution in [0.3, 0.4) is 0 Å². The van der Waals surface area contributed by atoms with Crippen molar-refractivity contribution in [2.24, 2.45) is 5.73 Å². The summed E-state index contributed by atoms with van der Waals surface area (Å²) in [6.45, 7) is 1.16. The summed E-state index contributed by atoms with van der Waals surface area (Å²) >= 11 is 0. The van der Waals surface area contributed by atoms with Crippen LogP contribution in [0.25, 0.3) is 0 Å². The van der Waals surface area contributed by atoms with Crippen LogP contribution in [0.4, 0.5) is 0 Å². The molecule has 0 aromatic carbocycles. The van der Waals surface area contributed by atoms with Crippen LogP contribution in [-0.4, -0.2) is 97.4 Å². The van der Waals surface area contributed by atoms with E-state index < -0.39 is 97.6 Å². The van der Waals surface area contributed by atoms with Gasteiger partial charge in [0.25, 0.3) is 0 Å². The largest absolute Gasteiger partial charge is 0.481 e. The Morgan fingerprint density at radius 2 is 1.09 bits per heavy atom. The van der Waals surface area contributed by atoms with Crippen molar-refractivity contribution in [2.45, 2.75) is 62.9 Å². The molecule has 16 nitrogen and oxygen atoms in total. The highest BCUT2D eigenvalue weighted by Crippen LogP contribution is 2.03. The SMILES string of the molecule is CC(O)C(N)C(=O)NC(CC(=O)O)C(=O)NC(CC(=O)O)C(=O)NC(CCC(=O)O)C(=O)O. The predicted octanol–water partition coefficient (Wildman–Crippen LogP) is -3.95. The summed E-state index contributed by atoms with van der Waals surface area (Å²) in [5, 5.41) is 50.8. The zero-order valence-corrected chi connectivity index (χ0v) is 17.4. The van der Waals surface area contributed by atoms with Crippen LogP contribution in [0.15, 0.2) is 0 Å². The van der Waals surface area contributed by atoms with Gasteiger partial charge in [-0.25, -0.2) is 4.79 Å². The monoisotopic (exact) mass is 478 g/mol. The minimum atomic E-state index is -1.90. The number of nitrogens with two attached hydrogens (primary N) is 1. The first-order valence-electron chi connectivity index (χ1n) is 9.38. The van der Waals surface area contributed by atoms with Crippen LogP contribution >= 0.6 is 0 Å². The normalized spacial score (nSPS) is 15.1. The van der Waals surface area contributed by atoms with E-state index in [2.05, 4.69) is 0 Å². The molecule has 0 aliphatic heterocycles. The molecule has 5 atom stereocenters. The number of aliphatic hydroxyl groups excluding tert-OH is 1. The molecule has 16 heteroatoms. The number of hydrogen-bond acceptors (Lipinski definition) is 9. The average molecular weight is 478 g/mol.